The van der Waals surface area contributed by atoms with Gasteiger partial charge in [-0.25, -0.2) is 9.59 Å². The van der Waals surface area contributed by atoms with E-state index in [1.54, 1.807) is 0 Å². The highest BCUT2D eigenvalue weighted by Crippen LogP contribution is 2.09. The van der Waals surface area contributed by atoms with Crippen molar-refractivity contribution in [1.82, 2.24) is 10.2 Å². The second kappa shape index (κ2) is 6.04. The van der Waals surface area contributed by atoms with E-state index in [2.05, 4.69) is 5.32 Å². The van der Waals surface area contributed by atoms with Gasteiger partial charge in [0.2, 0.25) is 5.91 Å². The molecule has 4 N–H and O–H groups in total. The van der Waals surface area contributed by atoms with Gasteiger partial charge in [-0.05, 0) is 13.3 Å². The number of carbonyl (C=O) groups excluding carboxylic acids is 2. The largest absolute Gasteiger partial charge is 0.480 e. The summed E-state index contributed by atoms with van der Waals surface area (Å²) in [4.78, 5) is 34.9. The molecule has 0 radical (unpaired) electrons. The zero-order chi connectivity index (χ0) is 13.7. The van der Waals surface area contributed by atoms with E-state index in [1.807, 2.05) is 13.0 Å². The van der Waals surface area contributed by atoms with E-state index in [-0.39, 0.29) is 0 Å². The molecule has 1 atom stereocenters. The molecule has 0 spiro atoms. The van der Waals surface area contributed by atoms with Gasteiger partial charge in [0.15, 0.2) is 0 Å². The third-order valence-electron chi connectivity index (χ3n) is 2.62. The molecule has 0 saturated heterocycles. The molecular weight excluding hydrogens is 238 g/mol. The standard InChI is InChI=1S/C11H17N3O4/c1-7-3-2-4-14(6-7)11(18)13-8(10(16)17)5-9(12)15/h3,8H,2,4-6H2,1H3,(H2,12,15)(H,13,18)(H,16,17). The fourth-order valence-corrected chi connectivity index (χ4v) is 1.73. The van der Waals surface area contributed by atoms with E-state index in [0.717, 1.165) is 12.0 Å². The molecule has 1 heterocycles. The third-order valence-corrected chi connectivity index (χ3v) is 2.62. The van der Waals surface area contributed by atoms with Gasteiger partial charge in [0.05, 0.1) is 6.42 Å². The highest BCUT2D eigenvalue weighted by Gasteiger charge is 2.25. The Morgan fingerprint density at radius 3 is 2.72 bits per heavy atom. The number of nitrogens with zero attached hydrogens (tertiary/aromatic N) is 1. The lowest BCUT2D eigenvalue weighted by atomic mass is 10.1. The van der Waals surface area contributed by atoms with Gasteiger partial charge in [-0.2, -0.15) is 0 Å². The highest BCUT2D eigenvalue weighted by atomic mass is 16.4. The monoisotopic (exact) mass is 255 g/mol. The van der Waals surface area contributed by atoms with E-state index >= 15 is 0 Å². The topological polar surface area (TPSA) is 113 Å². The lowest BCUT2D eigenvalue weighted by Gasteiger charge is -2.27. The smallest absolute Gasteiger partial charge is 0.326 e. The van der Waals surface area contributed by atoms with Gasteiger partial charge in [0, 0.05) is 13.1 Å². The number of carboxylic acid groups (broad SMARTS) is 1. The number of carbonyl (C=O) groups is 3. The number of primary amides is 1. The fourth-order valence-electron chi connectivity index (χ4n) is 1.73. The second-order valence-corrected chi connectivity index (χ2v) is 4.27. The van der Waals surface area contributed by atoms with Gasteiger partial charge in [-0.3, -0.25) is 4.79 Å². The van der Waals surface area contributed by atoms with Crippen LogP contribution in [0, 0.1) is 0 Å². The van der Waals surface area contributed by atoms with Crippen molar-refractivity contribution in [3.63, 3.8) is 0 Å². The molecule has 100 valence electrons. The SMILES string of the molecule is CC1=CCCN(C(=O)NC(CC(N)=O)C(=O)O)C1. The summed E-state index contributed by atoms with van der Waals surface area (Å²) in [6.45, 7) is 2.90. The van der Waals surface area contributed by atoms with Crippen LogP contribution in [0.4, 0.5) is 4.79 Å². The summed E-state index contributed by atoms with van der Waals surface area (Å²) in [5.74, 6) is -2.04. The molecule has 1 aliphatic rings. The fraction of sp³-hybridized carbons (Fsp3) is 0.545. The summed E-state index contributed by atoms with van der Waals surface area (Å²) in [6, 6.07) is -1.77. The van der Waals surface area contributed by atoms with Crippen LogP contribution in [-0.4, -0.2) is 47.0 Å². The van der Waals surface area contributed by atoms with Crippen molar-refractivity contribution in [3.8, 4) is 0 Å². The zero-order valence-corrected chi connectivity index (χ0v) is 10.2. The average Bonchev–Trinajstić information content (AvgIpc) is 2.27. The number of nitrogens with one attached hydrogen (secondary N) is 1. The van der Waals surface area contributed by atoms with Crippen molar-refractivity contribution in [1.29, 1.82) is 0 Å². The quantitative estimate of drug-likeness (QED) is 0.597. The predicted octanol–water partition coefficient (Wildman–Crippen LogP) is -0.323. The number of hydrogen-bond acceptors (Lipinski definition) is 3. The Hall–Kier alpha value is -2.05. The Morgan fingerprint density at radius 2 is 2.22 bits per heavy atom. The van der Waals surface area contributed by atoms with Gasteiger partial charge in [0.25, 0.3) is 0 Å². The van der Waals surface area contributed by atoms with Gasteiger partial charge < -0.3 is 21.1 Å². The first-order chi connectivity index (χ1) is 8.40. The van der Waals surface area contributed by atoms with E-state index < -0.39 is 30.4 Å². The molecule has 1 aliphatic heterocycles. The van der Waals surface area contributed by atoms with Crippen molar-refractivity contribution in [2.24, 2.45) is 5.73 Å². The molecule has 0 aromatic heterocycles. The molecular formula is C11H17N3O4. The summed E-state index contributed by atoms with van der Waals surface area (Å²) in [6.07, 6.45) is 2.36. The molecule has 7 heteroatoms. The van der Waals surface area contributed by atoms with Crippen LogP contribution in [0.3, 0.4) is 0 Å². The lowest BCUT2D eigenvalue weighted by Crippen LogP contribution is -2.50. The van der Waals surface area contributed by atoms with Crippen LogP contribution in [0.25, 0.3) is 0 Å². The summed E-state index contributed by atoms with van der Waals surface area (Å²) >= 11 is 0. The van der Waals surface area contributed by atoms with Crippen molar-refractivity contribution in [3.05, 3.63) is 11.6 Å². The maximum Gasteiger partial charge on any atom is 0.326 e. The minimum atomic E-state index is -1.28. The van der Waals surface area contributed by atoms with E-state index in [0.29, 0.717) is 13.1 Å². The first-order valence-electron chi connectivity index (χ1n) is 5.62. The van der Waals surface area contributed by atoms with Crippen LogP contribution in [0.2, 0.25) is 0 Å². The number of carboxylic acids is 1. The lowest BCUT2D eigenvalue weighted by molar-refractivity contribution is -0.140. The highest BCUT2D eigenvalue weighted by molar-refractivity contribution is 5.87. The first-order valence-corrected chi connectivity index (χ1v) is 5.62. The Labute approximate surface area is 105 Å². The van der Waals surface area contributed by atoms with Crippen LogP contribution in [0.5, 0.6) is 0 Å². The summed E-state index contributed by atoms with van der Waals surface area (Å²) in [5.41, 5.74) is 5.98. The maximum absolute atomic E-state index is 11.8. The number of aliphatic carboxylic acids is 1. The minimum absolute atomic E-state index is 0.413. The molecule has 0 aliphatic carbocycles. The van der Waals surface area contributed by atoms with Crippen molar-refractivity contribution in [2.75, 3.05) is 13.1 Å². The summed E-state index contributed by atoms with van der Waals surface area (Å²) in [5, 5.41) is 11.2. The molecule has 0 aromatic rings. The Kier molecular flexibility index (Phi) is 4.70. The second-order valence-electron chi connectivity index (χ2n) is 4.27. The zero-order valence-electron chi connectivity index (χ0n) is 10.2. The van der Waals surface area contributed by atoms with Crippen molar-refractivity contribution >= 4 is 17.9 Å². The number of amides is 3. The summed E-state index contributed by atoms with van der Waals surface area (Å²) < 4.78 is 0. The van der Waals surface area contributed by atoms with Crippen LogP contribution in [-0.2, 0) is 9.59 Å². The van der Waals surface area contributed by atoms with Crippen LogP contribution >= 0.6 is 0 Å². The molecule has 0 fully saturated rings. The van der Waals surface area contributed by atoms with E-state index in [1.165, 1.54) is 4.90 Å². The van der Waals surface area contributed by atoms with E-state index in [4.69, 9.17) is 10.8 Å². The van der Waals surface area contributed by atoms with Gasteiger partial charge in [-0.15, -0.1) is 0 Å². The molecule has 1 rings (SSSR count). The van der Waals surface area contributed by atoms with Crippen LogP contribution in [0.15, 0.2) is 11.6 Å². The Morgan fingerprint density at radius 1 is 1.56 bits per heavy atom. The number of urea groups is 1. The first kappa shape index (κ1) is 14.0. The molecule has 18 heavy (non-hydrogen) atoms. The molecule has 0 saturated carbocycles. The van der Waals surface area contributed by atoms with Gasteiger partial charge >= 0.3 is 12.0 Å². The minimum Gasteiger partial charge on any atom is -0.480 e. The maximum atomic E-state index is 11.8. The summed E-state index contributed by atoms with van der Waals surface area (Å²) in [7, 11) is 0. The molecule has 7 nitrogen and oxygen atoms in total. The van der Waals surface area contributed by atoms with Crippen molar-refractivity contribution in [2.45, 2.75) is 25.8 Å². The number of hydrogen-bond donors (Lipinski definition) is 3. The van der Waals surface area contributed by atoms with Gasteiger partial charge in [0.1, 0.15) is 6.04 Å². The Bertz CT molecular complexity index is 392. The molecule has 0 bridgehead atoms. The van der Waals surface area contributed by atoms with Crippen LogP contribution < -0.4 is 11.1 Å². The van der Waals surface area contributed by atoms with Crippen LogP contribution in [0.1, 0.15) is 19.8 Å². The van der Waals surface area contributed by atoms with Crippen molar-refractivity contribution < 1.29 is 19.5 Å². The predicted molar refractivity (Wildman–Crippen MR) is 63.7 cm³/mol. The third kappa shape index (κ3) is 4.08. The van der Waals surface area contributed by atoms with Gasteiger partial charge in [-0.1, -0.05) is 11.6 Å². The normalized spacial score (nSPS) is 16.7. The molecule has 3 amide bonds. The Balaban J connectivity index is 2.58. The number of nitrogens with two attached hydrogens (primary N) is 1. The average molecular weight is 255 g/mol. The molecule has 0 aromatic carbocycles. The number of rotatable bonds is 4. The molecule has 1 unspecified atom stereocenters. The van der Waals surface area contributed by atoms with E-state index in [9.17, 15) is 14.4 Å².